The van der Waals surface area contributed by atoms with E-state index in [0.717, 1.165) is 11.5 Å². The molecular weight excluding hydrogens is 268 g/mol. The van der Waals surface area contributed by atoms with Crippen LogP contribution in [0.3, 0.4) is 0 Å². The zero-order chi connectivity index (χ0) is 14.7. The van der Waals surface area contributed by atoms with E-state index in [1.807, 2.05) is 36.4 Å². The maximum Gasteiger partial charge on any atom is 0.166 e. The second-order valence-corrected chi connectivity index (χ2v) is 4.86. The minimum Gasteiger partial charge on any atom is -0.489 e. The third-order valence-corrected chi connectivity index (χ3v) is 3.26. The molecule has 1 heterocycles. The van der Waals surface area contributed by atoms with Crippen LogP contribution in [0.5, 0.6) is 17.2 Å². The molecule has 3 rings (SSSR count). The molecule has 0 saturated heterocycles. The van der Waals surface area contributed by atoms with E-state index in [0.29, 0.717) is 24.5 Å². The van der Waals surface area contributed by atoms with Crippen LogP contribution in [-0.4, -0.2) is 25.1 Å². The number of benzene rings is 2. The monoisotopic (exact) mass is 284 g/mol. The van der Waals surface area contributed by atoms with Gasteiger partial charge in [0.25, 0.3) is 0 Å². The predicted octanol–water partition coefficient (Wildman–Crippen LogP) is 3.11. The number of hydrogen-bond donors (Lipinski definition) is 0. The van der Waals surface area contributed by atoms with Crippen molar-refractivity contribution >= 4 is 5.78 Å². The van der Waals surface area contributed by atoms with Gasteiger partial charge in [-0.15, -0.1) is 0 Å². The Kier molecular flexibility index (Phi) is 3.77. The average Bonchev–Trinajstić information content (AvgIpc) is 2.53. The normalized spacial score (nSPS) is 16.3. The molecule has 0 bridgehead atoms. The van der Waals surface area contributed by atoms with Gasteiger partial charge >= 0.3 is 0 Å². The van der Waals surface area contributed by atoms with Gasteiger partial charge in [-0.3, -0.25) is 4.79 Å². The van der Waals surface area contributed by atoms with E-state index in [4.69, 9.17) is 14.2 Å². The quantitative estimate of drug-likeness (QED) is 0.809. The Hall–Kier alpha value is -2.49. The number of rotatable bonds is 4. The molecule has 4 nitrogen and oxygen atoms in total. The maximum atomic E-state index is 11.5. The summed E-state index contributed by atoms with van der Waals surface area (Å²) in [5.74, 6) is 2.03. The lowest BCUT2D eigenvalue weighted by Crippen LogP contribution is -2.34. The van der Waals surface area contributed by atoms with Crippen LogP contribution in [0, 0.1) is 0 Å². The van der Waals surface area contributed by atoms with E-state index < -0.39 is 0 Å². The Bertz CT molecular complexity index is 651. The molecule has 21 heavy (non-hydrogen) atoms. The molecule has 0 aliphatic carbocycles. The molecule has 0 saturated carbocycles. The molecule has 4 heteroatoms. The third kappa shape index (κ3) is 2.99. The van der Waals surface area contributed by atoms with E-state index in [1.165, 1.54) is 6.92 Å². The van der Waals surface area contributed by atoms with Crippen molar-refractivity contribution < 1.29 is 19.0 Å². The van der Waals surface area contributed by atoms with Gasteiger partial charge in [-0.1, -0.05) is 24.3 Å². The summed E-state index contributed by atoms with van der Waals surface area (Å²) in [6, 6.07) is 14.7. The highest BCUT2D eigenvalue weighted by atomic mass is 16.6. The summed E-state index contributed by atoms with van der Waals surface area (Å²) in [7, 11) is 0. The summed E-state index contributed by atoms with van der Waals surface area (Å²) in [5.41, 5.74) is 0.578. The van der Waals surface area contributed by atoms with Gasteiger partial charge < -0.3 is 14.2 Å². The third-order valence-electron chi connectivity index (χ3n) is 3.26. The number of hydrogen-bond acceptors (Lipinski definition) is 4. The zero-order valence-electron chi connectivity index (χ0n) is 11.7. The van der Waals surface area contributed by atoms with Gasteiger partial charge in [-0.2, -0.15) is 0 Å². The molecule has 0 spiro atoms. The standard InChI is InChI=1S/C17H16O4/c1-12(18)14-6-2-3-7-15(14)19-10-13-11-20-16-8-4-5-9-17(16)21-13/h2-9,13H,10-11H2,1H3. The fourth-order valence-electron chi connectivity index (χ4n) is 2.21. The number of Topliss-reactive ketones (excluding diaryl/α,β-unsaturated/α-hetero) is 1. The summed E-state index contributed by atoms with van der Waals surface area (Å²) in [5, 5.41) is 0. The van der Waals surface area contributed by atoms with Crippen LogP contribution >= 0.6 is 0 Å². The van der Waals surface area contributed by atoms with Gasteiger partial charge in [0.1, 0.15) is 19.0 Å². The Morgan fingerprint density at radius 3 is 2.67 bits per heavy atom. The minimum atomic E-state index is -0.195. The number of para-hydroxylation sites is 3. The molecule has 2 aromatic rings. The first-order valence-corrected chi connectivity index (χ1v) is 6.85. The first-order chi connectivity index (χ1) is 10.2. The van der Waals surface area contributed by atoms with E-state index in [9.17, 15) is 4.79 Å². The molecule has 0 fully saturated rings. The molecule has 0 aromatic heterocycles. The largest absolute Gasteiger partial charge is 0.489 e. The highest BCUT2D eigenvalue weighted by Crippen LogP contribution is 2.31. The lowest BCUT2D eigenvalue weighted by Gasteiger charge is -2.26. The summed E-state index contributed by atoms with van der Waals surface area (Å²) in [6.07, 6.45) is -0.195. The number of ketones is 1. The van der Waals surface area contributed by atoms with E-state index in [2.05, 4.69) is 0 Å². The topological polar surface area (TPSA) is 44.8 Å². The second-order valence-electron chi connectivity index (χ2n) is 4.86. The summed E-state index contributed by atoms with van der Waals surface area (Å²) in [6.45, 7) is 2.29. The van der Waals surface area contributed by atoms with Gasteiger partial charge in [-0.05, 0) is 31.2 Å². The van der Waals surface area contributed by atoms with Crippen LogP contribution in [0.15, 0.2) is 48.5 Å². The molecule has 1 atom stereocenters. The second kappa shape index (κ2) is 5.87. The smallest absolute Gasteiger partial charge is 0.166 e. The van der Waals surface area contributed by atoms with E-state index in [-0.39, 0.29) is 11.9 Å². The van der Waals surface area contributed by atoms with Crippen LogP contribution in [-0.2, 0) is 0 Å². The lowest BCUT2D eigenvalue weighted by molar-refractivity contribution is 0.0531. The fraction of sp³-hybridized carbons (Fsp3) is 0.235. The summed E-state index contributed by atoms with van der Waals surface area (Å²) >= 11 is 0. The fourth-order valence-corrected chi connectivity index (χ4v) is 2.21. The average molecular weight is 284 g/mol. The van der Waals surface area contributed by atoms with E-state index in [1.54, 1.807) is 12.1 Å². The number of ether oxygens (including phenoxy) is 3. The molecule has 1 aliphatic rings. The Balaban J connectivity index is 1.66. The number of fused-ring (bicyclic) bond motifs is 1. The molecule has 108 valence electrons. The van der Waals surface area contributed by atoms with Crippen molar-refractivity contribution in [3.8, 4) is 17.2 Å². The maximum absolute atomic E-state index is 11.5. The van der Waals surface area contributed by atoms with Gasteiger partial charge in [0.15, 0.2) is 23.4 Å². The van der Waals surface area contributed by atoms with Crippen molar-refractivity contribution in [3.05, 3.63) is 54.1 Å². The van der Waals surface area contributed by atoms with Crippen molar-refractivity contribution in [2.45, 2.75) is 13.0 Å². The van der Waals surface area contributed by atoms with Gasteiger partial charge in [0.2, 0.25) is 0 Å². The van der Waals surface area contributed by atoms with Gasteiger partial charge in [0.05, 0.1) is 5.56 Å². The van der Waals surface area contributed by atoms with E-state index >= 15 is 0 Å². The molecule has 2 aromatic carbocycles. The zero-order valence-corrected chi connectivity index (χ0v) is 11.7. The Labute approximate surface area is 123 Å². The first kappa shape index (κ1) is 13.5. The molecular formula is C17H16O4. The highest BCUT2D eigenvalue weighted by molar-refractivity contribution is 5.96. The minimum absolute atomic E-state index is 0.0169. The lowest BCUT2D eigenvalue weighted by atomic mass is 10.1. The summed E-state index contributed by atoms with van der Waals surface area (Å²) in [4.78, 5) is 11.5. The van der Waals surface area contributed by atoms with Crippen LogP contribution in [0.1, 0.15) is 17.3 Å². The molecule has 0 radical (unpaired) electrons. The molecule has 0 amide bonds. The van der Waals surface area contributed by atoms with Crippen LogP contribution < -0.4 is 14.2 Å². The molecule has 1 aliphatic heterocycles. The van der Waals surface area contributed by atoms with Crippen molar-refractivity contribution in [2.75, 3.05) is 13.2 Å². The highest BCUT2D eigenvalue weighted by Gasteiger charge is 2.21. The number of carbonyl (C=O) groups is 1. The van der Waals surface area contributed by atoms with Gasteiger partial charge in [-0.25, -0.2) is 0 Å². The molecule has 1 unspecified atom stereocenters. The summed E-state index contributed by atoms with van der Waals surface area (Å²) < 4.78 is 17.2. The van der Waals surface area contributed by atoms with Crippen molar-refractivity contribution in [1.82, 2.24) is 0 Å². The first-order valence-electron chi connectivity index (χ1n) is 6.85. The predicted molar refractivity (Wildman–Crippen MR) is 78.3 cm³/mol. The van der Waals surface area contributed by atoms with Crippen molar-refractivity contribution in [3.63, 3.8) is 0 Å². The van der Waals surface area contributed by atoms with Crippen LogP contribution in [0.25, 0.3) is 0 Å². The Morgan fingerprint density at radius 2 is 1.86 bits per heavy atom. The van der Waals surface area contributed by atoms with Crippen LogP contribution in [0.2, 0.25) is 0 Å². The molecule has 0 N–H and O–H groups in total. The van der Waals surface area contributed by atoms with Gasteiger partial charge in [0, 0.05) is 0 Å². The SMILES string of the molecule is CC(=O)c1ccccc1OCC1COc2ccccc2O1. The number of carbonyl (C=O) groups excluding carboxylic acids is 1. The Morgan fingerprint density at radius 1 is 1.14 bits per heavy atom. The van der Waals surface area contributed by atoms with Crippen molar-refractivity contribution in [1.29, 1.82) is 0 Å². The van der Waals surface area contributed by atoms with Crippen molar-refractivity contribution in [2.24, 2.45) is 0 Å². The van der Waals surface area contributed by atoms with Crippen LogP contribution in [0.4, 0.5) is 0 Å².